The number of benzene rings is 1. The van der Waals surface area contributed by atoms with Crippen LogP contribution < -0.4 is 9.47 Å². The SMILES string of the molecule is CN(C)CC1(C[NH-])CC1.COc1cccc(OC)c1-c1cn(SF)c2nc([NH-])ccc12.[Y]. The predicted octanol–water partition coefficient (Wildman–Crippen LogP) is 6.16. The van der Waals surface area contributed by atoms with Gasteiger partial charge in [-0.05, 0) is 44.5 Å². The van der Waals surface area contributed by atoms with Crippen molar-refractivity contribution in [3.05, 3.63) is 48.0 Å². The average molecular weight is 534 g/mol. The van der Waals surface area contributed by atoms with Gasteiger partial charge in [-0.3, -0.25) is 3.97 Å². The normalized spacial score (nSPS) is 13.8. The smallest absolute Gasteiger partial charge is 0.169 e. The molecule has 0 unspecified atom stereocenters. The van der Waals surface area contributed by atoms with Crippen LogP contribution in [0, 0.1) is 5.41 Å². The Hall–Kier alpha value is -1.39. The summed E-state index contributed by atoms with van der Waals surface area (Å²) < 4.78 is 25.3. The van der Waals surface area contributed by atoms with Gasteiger partial charge in [0.2, 0.25) is 0 Å². The zero-order valence-corrected chi connectivity index (χ0v) is 22.5. The topological polar surface area (TPSA) is 87.1 Å². The molecule has 10 heteroatoms. The summed E-state index contributed by atoms with van der Waals surface area (Å²) in [6, 6.07) is 8.77. The molecule has 171 valence electrons. The second kappa shape index (κ2) is 11.7. The molecule has 2 N–H and O–H groups in total. The fourth-order valence-electron chi connectivity index (χ4n) is 3.68. The van der Waals surface area contributed by atoms with E-state index in [4.69, 9.17) is 20.9 Å². The number of ether oxygens (including phenoxy) is 2. The number of hydrogen-bond donors (Lipinski definition) is 0. The Labute approximate surface area is 218 Å². The molecule has 1 aliphatic rings. The van der Waals surface area contributed by atoms with Crippen LogP contribution in [-0.2, 0) is 32.7 Å². The molecule has 0 bridgehead atoms. The van der Waals surface area contributed by atoms with Crippen LogP contribution in [0.5, 0.6) is 11.5 Å². The second-order valence-electron chi connectivity index (χ2n) is 7.96. The van der Waals surface area contributed by atoms with E-state index >= 15 is 0 Å². The van der Waals surface area contributed by atoms with E-state index in [0.717, 1.165) is 23.1 Å². The number of methoxy groups -OCH3 is 2. The summed E-state index contributed by atoms with van der Waals surface area (Å²) in [5.74, 6) is 1.33. The zero-order chi connectivity index (χ0) is 22.6. The Balaban J connectivity index is 0.000000307. The second-order valence-corrected chi connectivity index (χ2v) is 8.49. The molecule has 1 radical (unpaired) electrons. The number of nitrogens with zero attached hydrogens (tertiary/aromatic N) is 3. The molecule has 0 amide bonds. The molecule has 2 aromatic heterocycles. The molecular weight excluding hydrogens is 506 g/mol. The minimum absolute atomic E-state index is 0. The van der Waals surface area contributed by atoms with Gasteiger partial charge in [0.1, 0.15) is 11.5 Å². The van der Waals surface area contributed by atoms with Crippen LogP contribution in [0.3, 0.4) is 0 Å². The predicted molar refractivity (Wildman–Crippen MR) is 126 cm³/mol. The van der Waals surface area contributed by atoms with Crippen LogP contribution in [-0.4, -0.2) is 55.3 Å². The van der Waals surface area contributed by atoms with Crippen molar-refractivity contribution in [1.29, 1.82) is 0 Å². The van der Waals surface area contributed by atoms with Crippen molar-refractivity contribution in [2.45, 2.75) is 12.8 Å². The Morgan fingerprint density at radius 2 is 1.78 bits per heavy atom. The van der Waals surface area contributed by atoms with Gasteiger partial charge in [0.25, 0.3) is 0 Å². The molecule has 1 aliphatic carbocycles. The van der Waals surface area contributed by atoms with Gasteiger partial charge in [-0.2, -0.15) is 0 Å². The van der Waals surface area contributed by atoms with Crippen molar-refractivity contribution >= 4 is 29.2 Å². The van der Waals surface area contributed by atoms with Gasteiger partial charge in [0.05, 0.1) is 25.4 Å². The van der Waals surface area contributed by atoms with Gasteiger partial charge in [0, 0.05) is 56.4 Å². The van der Waals surface area contributed by atoms with E-state index in [1.807, 2.05) is 18.2 Å². The van der Waals surface area contributed by atoms with Crippen LogP contribution in [0.15, 0.2) is 36.5 Å². The zero-order valence-electron chi connectivity index (χ0n) is 18.8. The minimum atomic E-state index is 0. The monoisotopic (exact) mass is 534 g/mol. The Kier molecular flexibility index (Phi) is 9.78. The first kappa shape index (κ1) is 26.9. The Bertz CT molecular complexity index is 1020. The molecule has 0 saturated heterocycles. The summed E-state index contributed by atoms with van der Waals surface area (Å²) >= 11 is 0.0386. The molecule has 2 heterocycles. The first-order valence-electron chi connectivity index (χ1n) is 9.91. The third-order valence-electron chi connectivity index (χ3n) is 5.38. The van der Waals surface area contributed by atoms with Gasteiger partial charge in [-0.1, -0.05) is 24.0 Å². The van der Waals surface area contributed by atoms with Crippen LogP contribution in [0.1, 0.15) is 12.8 Å². The third-order valence-corrected chi connectivity index (χ3v) is 5.80. The molecule has 1 fully saturated rings. The van der Waals surface area contributed by atoms with E-state index in [0.29, 0.717) is 29.1 Å². The summed E-state index contributed by atoms with van der Waals surface area (Å²) in [5, 5.41) is 0.726. The van der Waals surface area contributed by atoms with E-state index < -0.39 is 0 Å². The number of fused-ring (bicyclic) bond motifs is 1. The maximum Gasteiger partial charge on any atom is 0.169 e. The fraction of sp³-hybridized carbons (Fsp3) is 0.409. The maximum absolute atomic E-state index is 13.2. The van der Waals surface area contributed by atoms with Gasteiger partial charge in [-0.25, -0.2) is 0 Å². The Morgan fingerprint density at radius 3 is 2.22 bits per heavy atom. The standard InChI is InChI=1S/C15H13FN3O2S.C7H15N2.Y/c1-20-11-4-3-5-12(21-2)14(11)10-8-19(22-16)15-9(10)6-7-13(17)18-15;1-9(2)6-7(5-8)3-4-7;/h3-8H,1-2H3,(H-,17,18);8H,3-6H2,1-2H3;/q2*-1;. The van der Waals surface area contributed by atoms with Crippen molar-refractivity contribution in [3.8, 4) is 22.6 Å². The number of halogens is 1. The third kappa shape index (κ3) is 5.94. The number of nitrogens with one attached hydrogen (secondary N) is 2. The van der Waals surface area contributed by atoms with E-state index in [-0.39, 0.29) is 50.9 Å². The summed E-state index contributed by atoms with van der Waals surface area (Å²) in [6.45, 7) is 1.72. The van der Waals surface area contributed by atoms with Crippen molar-refractivity contribution < 1.29 is 46.1 Å². The van der Waals surface area contributed by atoms with Gasteiger partial charge < -0.3 is 30.8 Å². The molecule has 1 saturated carbocycles. The van der Waals surface area contributed by atoms with Crippen LogP contribution in [0.2, 0.25) is 0 Å². The molecule has 1 aromatic carbocycles. The van der Waals surface area contributed by atoms with Gasteiger partial charge in [-0.15, -0.1) is 10.4 Å². The first-order valence-corrected chi connectivity index (χ1v) is 10.6. The largest absolute Gasteiger partial charge is 0.677 e. The summed E-state index contributed by atoms with van der Waals surface area (Å²) in [5.41, 5.74) is 17.1. The summed E-state index contributed by atoms with van der Waals surface area (Å²) in [7, 11) is 7.30. The van der Waals surface area contributed by atoms with Crippen LogP contribution in [0.4, 0.5) is 9.70 Å². The van der Waals surface area contributed by atoms with Gasteiger partial charge in [0.15, 0.2) is 12.3 Å². The van der Waals surface area contributed by atoms with E-state index in [9.17, 15) is 3.89 Å². The van der Waals surface area contributed by atoms with Crippen molar-refractivity contribution in [2.24, 2.45) is 5.41 Å². The summed E-state index contributed by atoms with van der Waals surface area (Å²) in [6.07, 6.45) is 4.17. The van der Waals surface area contributed by atoms with Crippen molar-refractivity contribution in [1.82, 2.24) is 13.9 Å². The minimum Gasteiger partial charge on any atom is -0.677 e. The molecule has 0 spiro atoms. The number of hydrogen-bond acceptors (Lipinski definition) is 5. The molecular formula is C22H28FN5O2SY-2. The quantitative estimate of drug-likeness (QED) is 0.362. The van der Waals surface area contributed by atoms with E-state index in [2.05, 4.69) is 24.0 Å². The van der Waals surface area contributed by atoms with Crippen molar-refractivity contribution in [3.63, 3.8) is 0 Å². The maximum atomic E-state index is 13.2. The fourth-order valence-corrected chi connectivity index (χ4v) is 4.03. The van der Waals surface area contributed by atoms with Crippen LogP contribution >= 0.6 is 12.3 Å². The molecule has 0 aliphatic heterocycles. The first-order chi connectivity index (χ1) is 14.9. The van der Waals surface area contributed by atoms with E-state index in [1.54, 1.807) is 32.5 Å². The molecule has 3 aromatic rings. The number of aromatic nitrogens is 2. The molecule has 32 heavy (non-hydrogen) atoms. The van der Waals surface area contributed by atoms with Crippen LogP contribution in [0.25, 0.3) is 33.6 Å². The number of rotatable bonds is 7. The number of pyridine rings is 1. The molecule has 4 rings (SSSR count). The average Bonchev–Trinajstić information content (AvgIpc) is 3.45. The molecule has 0 atom stereocenters. The molecule has 7 nitrogen and oxygen atoms in total. The van der Waals surface area contributed by atoms with E-state index in [1.165, 1.54) is 16.8 Å². The van der Waals surface area contributed by atoms with Gasteiger partial charge >= 0.3 is 0 Å². The summed E-state index contributed by atoms with van der Waals surface area (Å²) in [4.78, 5) is 6.27. The van der Waals surface area contributed by atoms with Crippen molar-refractivity contribution in [2.75, 3.05) is 41.4 Å². The Morgan fingerprint density at radius 1 is 1.16 bits per heavy atom.